The van der Waals surface area contributed by atoms with Gasteiger partial charge in [-0.25, -0.2) is 0 Å². The monoisotopic (exact) mass is 211 g/mol. The molecule has 0 amide bonds. The molecule has 0 bridgehead atoms. The number of rotatable bonds is 4. The normalized spacial score (nSPS) is 24.7. The molecule has 0 aromatic rings. The van der Waals surface area contributed by atoms with Crippen molar-refractivity contribution in [2.24, 2.45) is 5.92 Å². The molecular weight excluding hydrogens is 190 g/mol. The van der Waals surface area contributed by atoms with Crippen LogP contribution in [-0.4, -0.2) is 42.5 Å². The highest BCUT2D eigenvalue weighted by molar-refractivity contribution is 5.80. The first-order chi connectivity index (χ1) is 7.11. The number of carbonyl (C=O) groups excluding carboxylic acids is 1. The predicted octanol–water partition coefficient (Wildman–Crippen LogP) is 1.47. The van der Waals surface area contributed by atoms with Gasteiger partial charge in [0.05, 0.1) is 12.2 Å². The number of piperidine rings is 1. The van der Waals surface area contributed by atoms with Crippen molar-refractivity contribution in [3.63, 3.8) is 0 Å². The average Bonchev–Trinajstić information content (AvgIpc) is 2.97. The maximum atomic E-state index is 11.5. The van der Waals surface area contributed by atoms with Gasteiger partial charge in [-0.15, -0.1) is 0 Å². The lowest BCUT2D eigenvalue weighted by Crippen LogP contribution is -2.38. The van der Waals surface area contributed by atoms with Gasteiger partial charge in [0.1, 0.15) is 5.78 Å². The number of epoxide rings is 1. The largest absolute Gasteiger partial charge is 0.369 e. The van der Waals surface area contributed by atoms with Crippen LogP contribution in [0.4, 0.5) is 0 Å². The van der Waals surface area contributed by atoms with Gasteiger partial charge in [-0.05, 0) is 12.8 Å². The van der Waals surface area contributed by atoms with E-state index in [1.165, 1.54) is 0 Å². The fourth-order valence-electron chi connectivity index (χ4n) is 2.13. The van der Waals surface area contributed by atoms with Crippen molar-refractivity contribution in [3.8, 4) is 0 Å². The van der Waals surface area contributed by atoms with E-state index in [2.05, 4.69) is 4.90 Å². The molecule has 0 radical (unpaired) electrons. The highest BCUT2D eigenvalue weighted by Gasteiger charge is 2.46. The molecule has 2 aliphatic rings. The fraction of sp³-hybridized carbons (Fsp3) is 0.917. The molecule has 86 valence electrons. The minimum atomic E-state index is 0.188. The van der Waals surface area contributed by atoms with Crippen LogP contribution >= 0.6 is 0 Å². The average molecular weight is 211 g/mol. The van der Waals surface area contributed by atoms with Crippen LogP contribution in [0.2, 0.25) is 0 Å². The molecule has 3 nitrogen and oxygen atoms in total. The van der Waals surface area contributed by atoms with Gasteiger partial charge in [0, 0.05) is 32.0 Å². The van der Waals surface area contributed by atoms with Crippen molar-refractivity contribution in [3.05, 3.63) is 0 Å². The number of ketones is 1. The third-order valence-electron chi connectivity index (χ3n) is 3.64. The van der Waals surface area contributed by atoms with E-state index >= 15 is 0 Å². The van der Waals surface area contributed by atoms with Crippen LogP contribution in [0.25, 0.3) is 0 Å². The van der Waals surface area contributed by atoms with Crippen molar-refractivity contribution >= 4 is 5.78 Å². The van der Waals surface area contributed by atoms with Crippen LogP contribution < -0.4 is 0 Å². The Hall–Kier alpha value is -0.410. The summed E-state index contributed by atoms with van der Waals surface area (Å²) in [4.78, 5) is 13.9. The minimum absolute atomic E-state index is 0.188. The van der Waals surface area contributed by atoms with Crippen LogP contribution in [-0.2, 0) is 9.53 Å². The topological polar surface area (TPSA) is 32.8 Å². The highest BCUT2D eigenvalue weighted by Crippen LogP contribution is 2.37. The molecular formula is C12H21NO2. The number of hydrogen-bond acceptors (Lipinski definition) is 3. The number of nitrogens with zero attached hydrogens (tertiary/aromatic N) is 1. The molecule has 2 saturated heterocycles. The molecule has 3 heteroatoms. The molecule has 0 N–H and O–H groups in total. The summed E-state index contributed by atoms with van der Waals surface area (Å²) in [5, 5.41) is 0. The molecule has 15 heavy (non-hydrogen) atoms. The van der Waals surface area contributed by atoms with Crippen molar-refractivity contribution in [1.82, 2.24) is 4.90 Å². The number of likely N-dealkylation sites (tertiary alicyclic amines) is 1. The molecule has 0 unspecified atom stereocenters. The summed E-state index contributed by atoms with van der Waals surface area (Å²) in [7, 11) is 0. The Morgan fingerprint density at radius 1 is 1.40 bits per heavy atom. The Labute approximate surface area is 91.8 Å². The zero-order valence-corrected chi connectivity index (χ0v) is 9.79. The Morgan fingerprint density at radius 2 is 2.00 bits per heavy atom. The third kappa shape index (κ3) is 2.79. The van der Waals surface area contributed by atoms with E-state index in [9.17, 15) is 4.79 Å². The second-order valence-electron chi connectivity index (χ2n) is 5.18. The van der Waals surface area contributed by atoms with Crippen molar-refractivity contribution in [2.75, 3.05) is 26.2 Å². The molecule has 0 aromatic carbocycles. The third-order valence-corrected chi connectivity index (χ3v) is 3.64. The van der Waals surface area contributed by atoms with E-state index in [0.29, 0.717) is 12.2 Å². The molecule has 2 heterocycles. The Morgan fingerprint density at radius 3 is 2.47 bits per heavy atom. The van der Waals surface area contributed by atoms with Gasteiger partial charge in [0.25, 0.3) is 0 Å². The number of hydrogen-bond donors (Lipinski definition) is 0. The lowest BCUT2D eigenvalue weighted by atomic mass is 9.97. The van der Waals surface area contributed by atoms with E-state index < -0.39 is 0 Å². The Bertz CT molecular complexity index is 236. The van der Waals surface area contributed by atoms with Gasteiger partial charge in [0.2, 0.25) is 0 Å². The SMILES string of the molecule is CC(C)C(=O)CCN1CCC2(CC1)CO2. The van der Waals surface area contributed by atoms with E-state index in [1.807, 2.05) is 13.8 Å². The molecule has 0 atom stereocenters. The van der Waals surface area contributed by atoms with E-state index in [0.717, 1.165) is 39.1 Å². The van der Waals surface area contributed by atoms with Crippen LogP contribution in [0.5, 0.6) is 0 Å². The van der Waals surface area contributed by atoms with Gasteiger partial charge >= 0.3 is 0 Å². The summed E-state index contributed by atoms with van der Waals surface area (Å²) >= 11 is 0. The van der Waals surface area contributed by atoms with E-state index in [4.69, 9.17) is 4.74 Å². The standard InChI is InChI=1S/C12H21NO2/c1-10(2)11(14)3-6-13-7-4-12(5-8-13)9-15-12/h10H,3-9H2,1-2H3. The summed E-state index contributed by atoms with van der Waals surface area (Å²) in [5.41, 5.74) is 0.262. The predicted molar refractivity (Wildman–Crippen MR) is 58.8 cm³/mol. The second kappa shape index (κ2) is 4.22. The van der Waals surface area contributed by atoms with Crippen molar-refractivity contribution in [2.45, 2.75) is 38.7 Å². The zero-order chi connectivity index (χ0) is 10.9. The van der Waals surface area contributed by atoms with Gasteiger partial charge in [-0.1, -0.05) is 13.8 Å². The molecule has 0 saturated carbocycles. The molecule has 1 spiro atoms. The smallest absolute Gasteiger partial charge is 0.136 e. The summed E-state index contributed by atoms with van der Waals surface area (Å²) in [6.07, 6.45) is 3.03. The molecule has 0 aromatic heterocycles. The molecule has 2 fully saturated rings. The summed E-state index contributed by atoms with van der Waals surface area (Å²) in [6.45, 7) is 8.06. The number of carbonyl (C=O) groups is 1. The number of ether oxygens (including phenoxy) is 1. The molecule has 0 aliphatic carbocycles. The number of Topliss-reactive ketones (excluding diaryl/α,β-unsaturated/α-hetero) is 1. The van der Waals surface area contributed by atoms with Crippen molar-refractivity contribution < 1.29 is 9.53 Å². The van der Waals surface area contributed by atoms with Gasteiger partial charge in [-0.2, -0.15) is 0 Å². The zero-order valence-electron chi connectivity index (χ0n) is 9.79. The maximum absolute atomic E-state index is 11.5. The quantitative estimate of drug-likeness (QED) is 0.660. The first-order valence-corrected chi connectivity index (χ1v) is 6.00. The lowest BCUT2D eigenvalue weighted by Gasteiger charge is -2.30. The fourth-order valence-corrected chi connectivity index (χ4v) is 2.13. The second-order valence-corrected chi connectivity index (χ2v) is 5.18. The Kier molecular flexibility index (Phi) is 3.12. The summed E-state index contributed by atoms with van der Waals surface area (Å²) in [5.74, 6) is 0.575. The molecule has 2 aliphatic heterocycles. The minimum Gasteiger partial charge on any atom is -0.369 e. The van der Waals surface area contributed by atoms with E-state index in [1.54, 1.807) is 0 Å². The van der Waals surface area contributed by atoms with Gasteiger partial charge in [0.15, 0.2) is 0 Å². The van der Waals surface area contributed by atoms with Crippen LogP contribution in [0.1, 0.15) is 33.1 Å². The van der Waals surface area contributed by atoms with Gasteiger partial charge < -0.3 is 9.64 Å². The van der Waals surface area contributed by atoms with Gasteiger partial charge in [-0.3, -0.25) is 4.79 Å². The first-order valence-electron chi connectivity index (χ1n) is 6.00. The maximum Gasteiger partial charge on any atom is 0.136 e. The highest BCUT2D eigenvalue weighted by atomic mass is 16.6. The molecule has 2 rings (SSSR count). The summed E-state index contributed by atoms with van der Waals surface area (Å²) < 4.78 is 5.46. The summed E-state index contributed by atoms with van der Waals surface area (Å²) in [6, 6.07) is 0. The van der Waals surface area contributed by atoms with Crippen LogP contribution in [0.3, 0.4) is 0 Å². The Balaban J connectivity index is 1.66. The van der Waals surface area contributed by atoms with Crippen LogP contribution in [0, 0.1) is 5.92 Å². The van der Waals surface area contributed by atoms with E-state index in [-0.39, 0.29) is 11.5 Å². The first kappa shape index (κ1) is 11.1. The van der Waals surface area contributed by atoms with Crippen LogP contribution in [0.15, 0.2) is 0 Å². The van der Waals surface area contributed by atoms with Crippen molar-refractivity contribution in [1.29, 1.82) is 0 Å². The lowest BCUT2D eigenvalue weighted by molar-refractivity contribution is -0.122.